The Labute approximate surface area is 227 Å². The molecule has 0 fully saturated rings. The number of anilines is 2. The highest BCUT2D eigenvalue weighted by molar-refractivity contribution is 9.10. The maximum absolute atomic E-state index is 13.7. The highest BCUT2D eigenvalue weighted by Gasteiger charge is 2.16. The number of aryl methyl sites for hydroxylation is 2. The number of nitrogens with zero attached hydrogens (tertiary/aromatic N) is 1. The summed E-state index contributed by atoms with van der Waals surface area (Å²) in [4.78, 5) is 36.4. The lowest BCUT2D eigenvalue weighted by molar-refractivity contribution is -0.136. The average Bonchev–Trinajstić information content (AvgIpc) is 2.84. The molecular formula is C27H26BrFN4O5. The lowest BCUT2D eigenvalue weighted by Crippen LogP contribution is -2.32. The maximum Gasteiger partial charge on any atom is 0.329 e. The van der Waals surface area contributed by atoms with Crippen LogP contribution in [0.3, 0.4) is 0 Å². The predicted molar refractivity (Wildman–Crippen MR) is 146 cm³/mol. The van der Waals surface area contributed by atoms with E-state index in [1.165, 1.54) is 24.4 Å². The van der Waals surface area contributed by atoms with Crippen molar-refractivity contribution in [2.45, 2.75) is 20.8 Å². The molecule has 0 saturated carbocycles. The van der Waals surface area contributed by atoms with E-state index >= 15 is 0 Å². The summed E-state index contributed by atoms with van der Waals surface area (Å²) >= 11 is 3.41. The van der Waals surface area contributed by atoms with Crippen LogP contribution in [-0.4, -0.2) is 37.1 Å². The van der Waals surface area contributed by atoms with Crippen LogP contribution < -0.4 is 25.5 Å². The van der Waals surface area contributed by atoms with E-state index in [2.05, 4.69) is 37.1 Å². The Morgan fingerprint density at radius 3 is 2.37 bits per heavy atom. The fourth-order valence-electron chi connectivity index (χ4n) is 3.40. The Hall–Kier alpha value is -4.25. The van der Waals surface area contributed by atoms with Crippen molar-refractivity contribution in [3.8, 4) is 11.5 Å². The number of nitrogens with one attached hydrogen (secondary N) is 3. The van der Waals surface area contributed by atoms with E-state index in [4.69, 9.17) is 9.47 Å². The number of para-hydroxylation sites is 1. The molecule has 11 heteroatoms. The summed E-state index contributed by atoms with van der Waals surface area (Å²) < 4.78 is 25.5. The number of hydrogen-bond acceptors (Lipinski definition) is 6. The molecule has 0 heterocycles. The van der Waals surface area contributed by atoms with Crippen LogP contribution in [0.25, 0.3) is 0 Å². The monoisotopic (exact) mass is 584 g/mol. The summed E-state index contributed by atoms with van der Waals surface area (Å²) in [6.07, 6.45) is 1.29. The molecule has 0 radical (unpaired) electrons. The largest absolute Gasteiger partial charge is 0.490 e. The minimum absolute atomic E-state index is 0.125. The van der Waals surface area contributed by atoms with E-state index in [0.29, 0.717) is 33.8 Å². The minimum Gasteiger partial charge on any atom is -0.490 e. The molecular weight excluding hydrogens is 559 g/mol. The third kappa shape index (κ3) is 8.13. The van der Waals surface area contributed by atoms with Crippen LogP contribution in [-0.2, 0) is 14.4 Å². The Balaban J connectivity index is 1.63. The van der Waals surface area contributed by atoms with Gasteiger partial charge in [-0.1, -0.05) is 18.2 Å². The van der Waals surface area contributed by atoms with Gasteiger partial charge in [-0.15, -0.1) is 0 Å². The second-order valence-corrected chi connectivity index (χ2v) is 8.96. The first-order valence-corrected chi connectivity index (χ1v) is 12.3. The van der Waals surface area contributed by atoms with E-state index < -0.39 is 17.6 Å². The maximum atomic E-state index is 13.7. The van der Waals surface area contributed by atoms with Gasteiger partial charge in [-0.05, 0) is 89.8 Å². The zero-order valence-corrected chi connectivity index (χ0v) is 22.5. The third-order valence-corrected chi connectivity index (χ3v) is 5.48. The zero-order valence-electron chi connectivity index (χ0n) is 20.9. The van der Waals surface area contributed by atoms with Gasteiger partial charge in [0, 0.05) is 5.69 Å². The molecule has 3 amide bonds. The molecule has 38 heavy (non-hydrogen) atoms. The second-order valence-electron chi connectivity index (χ2n) is 8.11. The Morgan fingerprint density at radius 2 is 1.68 bits per heavy atom. The standard InChI is InChI=1S/C27H26BrFN4O5/c1-4-37-23-13-18(14-30-33-27(36)26(35)32-22-8-6-5-7-21(22)29)12-20(28)25(23)38-15-24(34)31-19-10-16(2)9-17(3)11-19/h5-14H,4,15H2,1-3H3,(H,31,34)(H,32,35)(H,33,36)/b30-14-. The number of amides is 3. The number of benzene rings is 3. The van der Waals surface area contributed by atoms with Crippen molar-refractivity contribution in [2.75, 3.05) is 23.8 Å². The normalized spacial score (nSPS) is 10.7. The van der Waals surface area contributed by atoms with E-state index in [1.807, 2.05) is 32.0 Å². The summed E-state index contributed by atoms with van der Waals surface area (Å²) in [5, 5.41) is 8.75. The molecule has 0 spiro atoms. The Bertz CT molecular complexity index is 1360. The van der Waals surface area contributed by atoms with Crippen molar-refractivity contribution in [3.63, 3.8) is 0 Å². The lowest BCUT2D eigenvalue weighted by Gasteiger charge is -2.15. The van der Waals surface area contributed by atoms with Gasteiger partial charge in [0.25, 0.3) is 5.91 Å². The fraction of sp³-hybridized carbons (Fsp3) is 0.185. The van der Waals surface area contributed by atoms with Crippen LogP contribution in [0.15, 0.2) is 64.2 Å². The number of hydrazone groups is 1. The van der Waals surface area contributed by atoms with E-state index in [0.717, 1.165) is 17.2 Å². The van der Waals surface area contributed by atoms with Gasteiger partial charge in [-0.2, -0.15) is 5.10 Å². The Morgan fingerprint density at radius 1 is 0.974 bits per heavy atom. The molecule has 0 unspecified atom stereocenters. The molecule has 0 aromatic heterocycles. The molecule has 3 aromatic carbocycles. The van der Waals surface area contributed by atoms with Crippen molar-refractivity contribution in [3.05, 3.63) is 81.6 Å². The molecule has 0 bridgehead atoms. The van der Waals surface area contributed by atoms with Crippen LogP contribution in [0.2, 0.25) is 0 Å². The quantitative estimate of drug-likeness (QED) is 0.191. The molecule has 198 valence electrons. The van der Waals surface area contributed by atoms with Crippen LogP contribution in [0.4, 0.5) is 15.8 Å². The lowest BCUT2D eigenvalue weighted by atomic mass is 10.1. The van der Waals surface area contributed by atoms with Gasteiger partial charge < -0.3 is 20.1 Å². The van der Waals surface area contributed by atoms with Gasteiger partial charge in [0.05, 0.1) is 23.0 Å². The van der Waals surface area contributed by atoms with E-state index in [1.54, 1.807) is 19.1 Å². The zero-order chi connectivity index (χ0) is 27.7. The fourth-order valence-corrected chi connectivity index (χ4v) is 3.98. The molecule has 0 atom stereocenters. The number of rotatable bonds is 9. The van der Waals surface area contributed by atoms with Crippen molar-refractivity contribution in [2.24, 2.45) is 5.10 Å². The molecule has 0 aliphatic heterocycles. The number of halogens is 2. The number of carbonyl (C=O) groups excluding carboxylic acids is 3. The van der Waals surface area contributed by atoms with Crippen LogP contribution >= 0.6 is 15.9 Å². The van der Waals surface area contributed by atoms with Crippen molar-refractivity contribution in [1.29, 1.82) is 0 Å². The van der Waals surface area contributed by atoms with Gasteiger partial charge in [-0.25, -0.2) is 9.82 Å². The molecule has 3 N–H and O–H groups in total. The summed E-state index contributed by atoms with van der Waals surface area (Å²) in [6.45, 7) is 5.75. The smallest absolute Gasteiger partial charge is 0.329 e. The van der Waals surface area contributed by atoms with Crippen molar-refractivity contribution < 1.29 is 28.2 Å². The van der Waals surface area contributed by atoms with Gasteiger partial charge >= 0.3 is 11.8 Å². The Kier molecular flexibility index (Phi) is 9.94. The molecule has 0 aliphatic carbocycles. The predicted octanol–water partition coefficient (Wildman–Crippen LogP) is 4.71. The topological polar surface area (TPSA) is 118 Å². The minimum atomic E-state index is -1.08. The average molecular weight is 585 g/mol. The van der Waals surface area contributed by atoms with Gasteiger partial charge in [0.1, 0.15) is 5.82 Å². The summed E-state index contributed by atoms with van der Waals surface area (Å²) in [5.41, 5.74) is 5.20. The van der Waals surface area contributed by atoms with Gasteiger partial charge in [0.2, 0.25) is 0 Å². The molecule has 3 aromatic rings. The summed E-state index contributed by atoms with van der Waals surface area (Å²) in [5.74, 6) is -2.52. The van der Waals surface area contributed by atoms with Gasteiger partial charge in [0.15, 0.2) is 18.1 Å². The molecule has 0 saturated heterocycles. The highest BCUT2D eigenvalue weighted by atomic mass is 79.9. The van der Waals surface area contributed by atoms with Gasteiger partial charge in [-0.3, -0.25) is 14.4 Å². The molecule has 9 nitrogen and oxygen atoms in total. The molecule has 3 rings (SSSR count). The van der Waals surface area contributed by atoms with Crippen LogP contribution in [0.5, 0.6) is 11.5 Å². The first-order chi connectivity index (χ1) is 18.2. The van der Waals surface area contributed by atoms with E-state index in [-0.39, 0.29) is 18.2 Å². The second kappa shape index (κ2) is 13.3. The summed E-state index contributed by atoms with van der Waals surface area (Å²) in [7, 11) is 0. The van der Waals surface area contributed by atoms with Crippen molar-refractivity contribution in [1.82, 2.24) is 5.43 Å². The highest BCUT2D eigenvalue weighted by Crippen LogP contribution is 2.36. The van der Waals surface area contributed by atoms with Crippen LogP contribution in [0.1, 0.15) is 23.6 Å². The molecule has 0 aliphatic rings. The number of ether oxygens (including phenoxy) is 2. The summed E-state index contributed by atoms with van der Waals surface area (Å²) in [6, 6.07) is 14.4. The SMILES string of the molecule is CCOc1cc(/C=N\NC(=O)C(=O)Nc2ccccc2F)cc(Br)c1OCC(=O)Nc1cc(C)cc(C)c1. The van der Waals surface area contributed by atoms with Crippen molar-refractivity contribution >= 4 is 51.2 Å². The number of hydrogen-bond donors (Lipinski definition) is 3. The first-order valence-electron chi connectivity index (χ1n) is 11.5. The number of carbonyl (C=O) groups is 3. The first kappa shape index (κ1) is 28.3. The van der Waals surface area contributed by atoms with Crippen LogP contribution in [0, 0.1) is 19.7 Å². The van der Waals surface area contributed by atoms with E-state index in [9.17, 15) is 18.8 Å². The third-order valence-electron chi connectivity index (χ3n) is 4.89.